The standard InChI is InChI=1S/C29H32N4O4/c1-6-20-17-23(28-30-19(2)37-32-28)11-13-25(20)21-7-9-22(10-8-21)29(34)31-24-12-14-26(35-5)27(18-24)36-16-15-33(3)4/h7-14,17-18H,6,15-16H2,1-5H3,(H,31,34). The minimum atomic E-state index is -0.200. The van der Waals surface area contributed by atoms with Crippen molar-refractivity contribution in [2.45, 2.75) is 20.3 Å². The molecule has 0 spiro atoms. The Hall–Kier alpha value is -4.17. The van der Waals surface area contributed by atoms with Gasteiger partial charge in [0.1, 0.15) is 6.61 Å². The molecule has 0 aliphatic rings. The van der Waals surface area contributed by atoms with Crippen LogP contribution < -0.4 is 14.8 Å². The number of methoxy groups -OCH3 is 1. The van der Waals surface area contributed by atoms with Crippen LogP contribution in [-0.2, 0) is 6.42 Å². The van der Waals surface area contributed by atoms with Gasteiger partial charge < -0.3 is 24.2 Å². The summed E-state index contributed by atoms with van der Waals surface area (Å²) in [5.41, 5.74) is 5.41. The monoisotopic (exact) mass is 500 g/mol. The molecule has 1 N–H and O–H groups in total. The van der Waals surface area contributed by atoms with E-state index in [-0.39, 0.29) is 5.91 Å². The highest BCUT2D eigenvalue weighted by Crippen LogP contribution is 2.31. The number of likely N-dealkylation sites (N-methyl/N-ethyl adjacent to an activating group) is 1. The third-order valence-corrected chi connectivity index (χ3v) is 5.95. The molecule has 4 rings (SSSR count). The second kappa shape index (κ2) is 11.7. The second-order valence-corrected chi connectivity index (χ2v) is 8.91. The Bertz CT molecular complexity index is 1360. The smallest absolute Gasteiger partial charge is 0.255 e. The first-order chi connectivity index (χ1) is 17.9. The molecular formula is C29H32N4O4. The van der Waals surface area contributed by atoms with Crippen LogP contribution in [0.1, 0.15) is 28.7 Å². The number of carbonyl (C=O) groups is 1. The van der Waals surface area contributed by atoms with E-state index in [2.05, 4.69) is 34.5 Å². The van der Waals surface area contributed by atoms with Gasteiger partial charge in [-0.2, -0.15) is 4.98 Å². The Labute approximate surface area is 217 Å². The molecule has 3 aromatic carbocycles. The summed E-state index contributed by atoms with van der Waals surface area (Å²) < 4.78 is 16.4. The summed E-state index contributed by atoms with van der Waals surface area (Å²) in [5, 5.41) is 6.97. The maximum atomic E-state index is 12.9. The van der Waals surface area contributed by atoms with Gasteiger partial charge in [0.15, 0.2) is 11.5 Å². The van der Waals surface area contributed by atoms with Crippen molar-refractivity contribution in [1.29, 1.82) is 0 Å². The molecule has 1 heterocycles. The molecular weight excluding hydrogens is 468 g/mol. The highest BCUT2D eigenvalue weighted by Gasteiger charge is 2.13. The van der Waals surface area contributed by atoms with E-state index in [0.717, 1.165) is 35.2 Å². The number of amides is 1. The van der Waals surface area contributed by atoms with Crippen molar-refractivity contribution in [2.24, 2.45) is 0 Å². The minimum absolute atomic E-state index is 0.200. The summed E-state index contributed by atoms with van der Waals surface area (Å²) >= 11 is 0. The van der Waals surface area contributed by atoms with Gasteiger partial charge in [-0.15, -0.1) is 0 Å². The Morgan fingerprint density at radius 1 is 1.00 bits per heavy atom. The van der Waals surface area contributed by atoms with E-state index < -0.39 is 0 Å². The van der Waals surface area contributed by atoms with E-state index in [1.165, 1.54) is 0 Å². The number of nitrogens with one attached hydrogen (secondary N) is 1. The van der Waals surface area contributed by atoms with Crippen LogP contribution in [0.3, 0.4) is 0 Å². The zero-order valence-corrected chi connectivity index (χ0v) is 21.9. The first kappa shape index (κ1) is 25.9. The van der Waals surface area contributed by atoms with Gasteiger partial charge >= 0.3 is 0 Å². The highest BCUT2D eigenvalue weighted by atomic mass is 16.5. The van der Waals surface area contributed by atoms with Crippen molar-refractivity contribution < 1.29 is 18.8 Å². The van der Waals surface area contributed by atoms with Gasteiger partial charge in [0.25, 0.3) is 5.91 Å². The zero-order valence-electron chi connectivity index (χ0n) is 21.9. The van der Waals surface area contributed by atoms with Crippen LogP contribution in [-0.4, -0.2) is 55.3 Å². The molecule has 8 nitrogen and oxygen atoms in total. The van der Waals surface area contributed by atoms with Gasteiger partial charge in [0.2, 0.25) is 11.7 Å². The number of aryl methyl sites for hydroxylation is 2. The zero-order chi connectivity index (χ0) is 26.4. The highest BCUT2D eigenvalue weighted by molar-refractivity contribution is 6.04. The summed E-state index contributed by atoms with van der Waals surface area (Å²) in [6, 6.07) is 19.1. The van der Waals surface area contributed by atoms with Crippen molar-refractivity contribution in [3.05, 3.63) is 77.7 Å². The van der Waals surface area contributed by atoms with Gasteiger partial charge in [0.05, 0.1) is 7.11 Å². The first-order valence-corrected chi connectivity index (χ1v) is 12.2. The summed E-state index contributed by atoms with van der Waals surface area (Å²) in [4.78, 5) is 19.3. The van der Waals surface area contributed by atoms with Crippen LogP contribution >= 0.6 is 0 Å². The van der Waals surface area contributed by atoms with Crippen LogP contribution in [0.15, 0.2) is 65.2 Å². The fourth-order valence-electron chi connectivity index (χ4n) is 3.93. The number of anilines is 1. The number of rotatable bonds is 10. The van der Waals surface area contributed by atoms with Crippen LogP contribution in [0, 0.1) is 6.92 Å². The normalized spacial score (nSPS) is 11.0. The van der Waals surface area contributed by atoms with Crippen LogP contribution in [0.25, 0.3) is 22.5 Å². The topological polar surface area (TPSA) is 89.7 Å². The number of hydrogen-bond donors (Lipinski definition) is 1. The van der Waals surface area contributed by atoms with Crippen LogP contribution in [0.2, 0.25) is 0 Å². The van der Waals surface area contributed by atoms with Crippen molar-refractivity contribution in [1.82, 2.24) is 15.0 Å². The van der Waals surface area contributed by atoms with E-state index in [4.69, 9.17) is 14.0 Å². The van der Waals surface area contributed by atoms with Gasteiger partial charge in [-0.05, 0) is 67.5 Å². The molecule has 4 aromatic rings. The molecule has 8 heteroatoms. The predicted octanol–water partition coefficient (Wildman–Crippen LogP) is 5.48. The fourth-order valence-corrected chi connectivity index (χ4v) is 3.93. The van der Waals surface area contributed by atoms with E-state index in [9.17, 15) is 4.79 Å². The number of benzene rings is 3. The molecule has 0 aliphatic carbocycles. The average molecular weight is 501 g/mol. The third-order valence-electron chi connectivity index (χ3n) is 5.95. The van der Waals surface area contributed by atoms with Crippen molar-refractivity contribution >= 4 is 11.6 Å². The average Bonchev–Trinajstić information content (AvgIpc) is 3.34. The van der Waals surface area contributed by atoms with Crippen LogP contribution in [0.4, 0.5) is 5.69 Å². The molecule has 37 heavy (non-hydrogen) atoms. The quantitative estimate of drug-likeness (QED) is 0.309. The lowest BCUT2D eigenvalue weighted by atomic mass is 9.95. The summed E-state index contributed by atoms with van der Waals surface area (Å²) in [6.45, 7) is 5.17. The summed E-state index contributed by atoms with van der Waals surface area (Å²) in [5.74, 6) is 2.12. The lowest BCUT2D eigenvalue weighted by Gasteiger charge is -2.15. The van der Waals surface area contributed by atoms with Gasteiger partial charge in [-0.3, -0.25) is 4.79 Å². The molecule has 0 fully saturated rings. The van der Waals surface area contributed by atoms with E-state index >= 15 is 0 Å². The Kier molecular flexibility index (Phi) is 8.20. The van der Waals surface area contributed by atoms with Gasteiger partial charge in [-0.1, -0.05) is 36.3 Å². The molecule has 0 saturated heterocycles. The molecule has 1 amide bonds. The Morgan fingerprint density at radius 2 is 1.76 bits per heavy atom. The number of nitrogens with zero attached hydrogens (tertiary/aromatic N) is 3. The number of ether oxygens (including phenoxy) is 2. The molecule has 0 aliphatic heterocycles. The fraction of sp³-hybridized carbons (Fsp3) is 0.276. The number of carbonyl (C=O) groups excluding carboxylic acids is 1. The molecule has 0 saturated carbocycles. The Morgan fingerprint density at radius 3 is 2.41 bits per heavy atom. The lowest BCUT2D eigenvalue weighted by molar-refractivity contribution is 0.102. The molecule has 0 bridgehead atoms. The van der Waals surface area contributed by atoms with E-state index in [0.29, 0.717) is 41.1 Å². The van der Waals surface area contributed by atoms with Gasteiger partial charge in [-0.25, -0.2) is 0 Å². The Balaban J connectivity index is 1.48. The molecule has 192 valence electrons. The minimum Gasteiger partial charge on any atom is -0.493 e. The van der Waals surface area contributed by atoms with Crippen molar-refractivity contribution in [3.63, 3.8) is 0 Å². The SMILES string of the molecule is CCc1cc(-c2noc(C)n2)ccc1-c1ccc(C(=O)Nc2ccc(OC)c(OCCN(C)C)c2)cc1. The summed E-state index contributed by atoms with van der Waals surface area (Å²) in [6.07, 6.45) is 0.846. The van der Waals surface area contributed by atoms with E-state index in [1.807, 2.05) is 49.3 Å². The maximum absolute atomic E-state index is 12.9. The van der Waals surface area contributed by atoms with Crippen LogP contribution in [0.5, 0.6) is 11.5 Å². The predicted molar refractivity (Wildman–Crippen MR) is 144 cm³/mol. The van der Waals surface area contributed by atoms with E-state index in [1.54, 1.807) is 32.2 Å². The lowest BCUT2D eigenvalue weighted by Crippen LogP contribution is -2.19. The molecule has 0 atom stereocenters. The largest absolute Gasteiger partial charge is 0.493 e. The number of hydrogen-bond acceptors (Lipinski definition) is 7. The van der Waals surface area contributed by atoms with Crippen molar-refractivity contribution in [2.75, 3.05) is 39.7 Å². The molecule has 0 unspecified atom stereocenters. The second-order valence-electron chi connectivity index (χ2n) is 8.91. The number of aromatic nitrogens is 2. The van der Waals surface area contributed by atoms with Gasteiger partial charge in [0, 0.05) is 36.3 Å². The third kappa shape index (κ3) is 6.34. The maximum Gasteiger partial charge on any atom is 0.255 e. The summed E-state index contributed by atoms with van der Waals surface area (Å²) in [7, 11) is 5.56. The molecule has 1 aromatic heterocycles. The molecule has 0 radical (unpaired) electrons. The van der Waals surface area contributed by atoms with Crippen molar-refractivity contribution in [3.8, 4) is 34.0 Å². The first-order valence-electron chi connectivity index (χ1n) is 12.2.